The number of hydrogen-bond donors (Lipinski definition) is 2. The molecule has 1 amide bonds. The molecule has 0 spiro atoms. The Balaban J connectivity index is 1.60. The molecule has 0 aliphatic rings. The number of aliphatic hydroxyl groups is 1. The van der Waals surface area contributed by atoms with Crippen molar-refractivity contribution in [3.63, 3.8) is 0 Å². The second-order valence-corrected chi connectivity index (χ2v) is 7.34. The third-order valence-corrected chi connectivity index (χ3v) is 5.40. The number of carbonyl (C=O) groups excluding carboxylic acids is 1. The van der Waals surface area contributed by atoms with Crippen molar-refractivity contribution in [2.24, 2.45) is 0 Å². The zero-order chi connectivity index (χ0) is 15.5. The Hall–Kier alpha value is -1.60. The van der Waals surface area contributed by atoms with Gasteiger partial charge in [-0.1, -0.05) is 11.6 Å². The Labute approximate surface area is 140 Å². The van der Waals surface area contributed by atoms with Crippen molar-refractivity contribution in [2.45, 2.75) is 6.10 Å². The van der Waals surface area contributed by atoms with Gasteiger partial charge in [0.05, 0.1) is 20.4 Å². The van der Waals surface area contributed by atoms with Gasteiger partial charge in [0.2, 0.25) is 0 Å². The quantitative estimate of drug-likeness (QED) is 0.723. The molecule has 0 aliphatic heterocycles. The molecule has 0 saturated carbocycles. The Bertz CT molecular complexity index is 763. The van der Waals surface area contributed by atoms with Crippen molar-refractivity contribution in [3.8, 4) is 10.6 Å². The van der Waals surface area contributed by atoms with Crippen LogP contribution in [0.15, 0.2) is 47.1 Å². The second kappa shape index (κ2) is 6.66. The van der Waals surface area contributed by atoms with Crippen LogP contribution in [0.5, 0.6) is 0 Å². The van der Waals surface area contributed by atoms with Gasteiger partial charge >= 0.3 is 0 Å². The first kappa shape index (κ1) is 15.3. The minimum Gasteiger partial charge on any atom is -0.464 e. The van der Waals surface area contributed by atoms with Gasteiger partial charge in [-0.2, -0.15) is 0 Å². The first-order chi connectivity index (χ1) is 10.6. The van der Waals surface area contributed by atoms with Crippen molar-refractivity contribution in [1.29, 1.82) is 0 Å². The predicted octanol–water partition coefficient (Wildman–Crippen LogP) is 4.19. The summed E-state index contributed by atoms with van der Waals surface area (Å²) in [5.74, 6) is 0.527. The van der Waals surface area contributed by atoms with Crippen LogP contribution in [-0.4, -0.2) is 17.6 Å². The molecule has 0 radical (unpaired) electrons. The SMILES string of the molecule is O=C(NCC(O)c1ccc(-c2ccco2)s1)c1ccc(Cl)s1. The lowest BCUT2D eigenvalue weighted by molar-refractivity contribution is 0.0922. The van der Waals surface area contributed by atoms with E-state index in [2.05, 4.69) is 5.32 Å². The maximum Gasteiger partial charge on any atom is 0.261 e. The van der Waals surface area contributed by atoms with Crippen molar-refractivity contribution >= 4 is 40.2 Å². The van der Waals surface area contributed by atoms with E-state index in [0.29, 0.717) is 9.21 Å². The van der Waals surface area contributed by atoms with Crippen LogP contribution in [0.2, 0.25) is 4.34 Å². The molecular weight excluding hydrogens is 342 g/mol. The minimum atomic E-state index is -0.756. The summed E-state index contributed by atoms with van der Waals surface area (Å²) in [6, 6.07) is 10.7. The number of hydrogen-bond acceptors (Lipinski definition) is 5. The van der Waals surface area contributed by atoms with Gasteiger partial charge in [-0.15, -0.1) is 22.7 Å². The lowest BCUT2D eigenvalue weighted by Crippen LogP contribution is -2.27. The van der Waals surface area contributed by atoms with E-state index in [1.807, 2.05) is 24.3 Å². The van der Waals surface area contributed by atoms with Crippen LogP contribution in [0.3, 0.4) is 0 Å². The molecule has 1 atom stereocenters. The highest BCUT2D eigenvalue weighted by molar-refractivity contribution is 7.18. The maximum atomic E-state index is 11.9. The monoisotopic (exact) mass is 353 g/mol. The van der Waals surface area contributed by atoms with E-state index < -0.39 is 6.10 Å². The van der Waals surface area contributed by atoms with Gasteiger partial charge in [-0.3, -0.25) is 4.79 Å². The van der Waals surface area contributed by atoms with E-state index >= 15 is 0 Å². The van der Waals surface area contributed by atoms with Crippen LogP contribution in [0.4, 0.5) is 0 Å². The fraction of sp³-hybridized carbons (Fsp3) is 0.133. The summed E-state index contributed by atoms with van der Waals surface area (Å²) in [7, 11) is 0. The van der Waals surface area contributed by atoms with Crippen molar-refractivity contribution in [1.82, 2.24) is 5.32 Å². The highest BCUT2D eigenvalue weighted by atomic mass is 35.5. The van der Waals surface area contributed by atoms with Crippen LogP contribution in [-0.2, 0) is 0 Å². The fourth-order valence-electron chi connectivity index (χ4n) is 1.90. The Morgan fingerprint density at radius 3 is 2.82 bits per heavy atom. The third-order valence-electron chi connectivity index (χ3n) is 2.97. The molecule has 0 saturated heterocycles. The molecule has 2 N–H and O–H groups in total. The number of carbonyl (C=O) groups is 1. The molecule has 3 rings (SSSR count). The van der Waals surface area contributed by atoms with Gasteiger partial charge in [0.1, 0.15) is 11.9 Å². The first-order valence-electron chi connectivity index (χ1n) is 6.48. The minimum absolute atomic E-state index is 0.145. The summed E-state index contributed by atoms with van der Waals surface area (Å²) < 4.78 is 5.88. The number of furan rings is 1. The zero-order valence-electron chi connectivity index (χ0n) is 11.3. The van der Waals surface area contributed by atoms with E-state index in [9.17, 15) is 9.90 Å². The Morgan fingerprint density at radius 2 is 2.14 bits per heavy atom. The number of rotatable bonds is 5. The van der Waals surface area contributed by atoms with E-state index in [0.717, 1.165) is 15.5 Å². The van der Waals surface area contributed by atoms with Gasteiger partial charge in [-0.25, -0.2) is 0 Å². The fourth-order valence-corrected chi connectivity index (χ4v) is 3.82. The Kier molecular flexibility index (Phi) is 4.63. The molecule has 0 bridgehead atoms. The molecule has 4 nitrogen and oxygen atoms in total. The smallest absolute Gasteiger partial charge is 0.261 e. The molecule has 0 fully saturated rings. The molecule has 7 heteroatoms. The maximum absolute atomic E-state index is 11.9. The van der Waals surface area contributed by atoms with Gasteiger partial charge in [-0.05, 0) is 36.4 Å². The summed E-state index contributed by atoms with van der Waals surface area (Å²) in [6.07, 6.45) is 0.852. The molecular formula is C15H12ClNO3S2. The standard InChI is InChI=1S/C15H12ClNO3S2/c16-14-6-5-13(22-14)15(19)17-8-9(18)11-3-4-12(21-11)10-2-1-7-20-10/h1-7,9,18H,8H2,(H,17,19). The average molecular weight is 354 g/mol. The van der Waals surface area contributed by atoms with Crippen molar-refractivity contribution < 1.29 is 14.3 Å². The molecule has 3 aromatic rings. The third kappa shape index (κ3) is 3.41. The average Bonchev–Trinajstić information content (AvgIpc) is 3.23. The van der Waals surface area contributed by atoms with Crippen LogP contribution in [0, 0.1) is 0 Å². The highest BCUT2D eigenvalue weighted by Crippen LogP contribution is 2.31. The van der Waals surface area contributed by atoms with Crippen LogP contribution in [0.1, 0.15) is 20.7 Å². The lowest BCUT2D eigenvalue weighted by atomic mass is 10.2. The van der Waals surface area contributed by atoms with E-state index in [1.165, 1.54) is 22.7 Å². The summed E-state index contributed by atoms with van der Waals surface area (Å²) in [6.45, 7) is 0.145. The van der Waals surface area contributed by atoms with E-state index in [1.54, 1.807) is 18.4 Å². The van der Waals surface area contributed by atoms with E-state index in [-0.39, 0.29) is 12.5 Å². The topological polar surface area (TPSA) is 62.5 Å². The normalized spacial score (nSPS) is 12.3. The summed E-state index contributed by atoms with van der Waals surface area (Å²) in [4.78, 5) is 14.1. The highest BCUT2D eigenvalue weighted by Gasteiger charge is 2.15. The van der Waals surface area contributed by atoms with E-state index in [4.69, 9.17) is 16.0 Å². The van der Waals surface area contributed by atoms with Crippen LogP contribution >= 0.6 is 34.3 Å². The predicted molar refractivity (Wildman–Crippen MR) is 88.6 cm³/mol. The van der Waals surface area contributed by atoms with Gasteiger partial charge in [0.25, 0.3) is 5.91 Å². The molecule has 3 aromatic heterocycles. The first-order valence-corrected chi connectivity index (χ1v) is 8.50. The molecule has 0 aliphatic carbocycles. The lowest BCUT2D eigenvalue weighted by Gasteiger charge is -2.09. The molecule has 1 unspecified atom stereocenters. The zero-order valence-corrected chi connectivity index (χ0v) is 13.7. The molecule has 3 heterocycles. The van der Waals surface area contributed by atoms with Gasteiger partial charge in [0, 0.05) is 11.4 Å². The second-order valence-electron chi connectivity index (χ2n) is 4.51. The number of thiophene rings is 2. The van der Waals surface area contributed by atoms with Crippen LogP contribution < -0.4 is 5.32 Å². The summed E-state index contributed by atoms with van der Waals surface area (Å²) in [5.41, 5.74) is 0. The number of aliphatic hydroxyl groups excluding tert-OH is 1. The number of nitrogens with one attached hydrogen (secondary N) is 1. The number of halogens is 1. The number of amides is 1. The summed E-state index contributed by atoms with van der Waals surface area (Å²) in [5, 5.41) is 12.9. The summed E-state index contributed by atoms with van der Waals surface area (Å²) >= 11 is 8.44. The van der Waals surface area contributed by atoms with Crippen molar-refractivity contribution in [3.05, 3.63) is 56.8 Å². The molecule has 22 heavy (non-hydrogen) atoms. The largest absolute Gasteiger partial charge is 0.464 e. The van der Waals surface area contributed by atoms with Crippen LogP contribution in [0.25, 0.3) is 10.6 Å². The molecule has 114 valence electrons. The van der Waals surface area contributed by atoms with Gasteiger partial charge < -0.3 is 14.8 Å². The Morgan fingerprint density at radius 1 is 1.27 bits per heavy atom. The van der Waals surface area contributed by atoms with Crippen molar-refractivity contribution in [2.75, 3.05) is 6.54 Å². The molecule has 0 aromatic carbocycles. The van der Waals surface area contributed by atoms with Gasteiger partial charge in [0.15, 0.2) is 0 Å².